The molecule has 0 aliphatic rings. The molecule has 0 spiro atoms. The van der Waals surface area contributed by atoms with Crippen molar-refractivity contribution in [1.29, 1.82) is 0 Å². The summed E-state index contributed by atoms with van der Waals surface area (Å²) in [4.78, 5) is 24.5. The molecule has 6 nitrogen and oxygen atoms in total. The molecule has 0 radical (unpaired) electrons. The molecule has 1 amide bonds. The summed E-state index contributed by atoms with van der Waals surface area (Å²) in [6.07, 6.45) is 61.9. The summed E-state index contributed by atoms with van der Waals surface area (Å²) in [6.45, 7) is 4.89. The van der Waals surface area contributed by atoms with Crippen LogP contribution >= 0.6 is 0 Å². The van der Waals surface area contributed by atoms with Crippen molar-refractivity contribution in [1.82, 2.24) is 5.32 Å². The number of amides is 1. The number of hydrogen-bond donors (Lipinski definition) is 3. The Morgan fingerprint density at radius 3 is 1.15 bits per heavy atom. The van der Waals surface area contributed by atoms with Gasteiger partial charge in [-0.1, -0.05) is 250 Å². The van der Waals surface area contributed by atoms with Crippen LogP contribution in [0.3, 0.4) is 0 Å². The highest BCUT2D eigenvalue weighted by molar-refractivity contribution is 5.76. The number of unbranched alkanes of at least 4 members (excludes halogenated alkanes) is 38. The predicted octanol–water partition coefficient (Wildman–Crippen LogP) is 16.7. The van der Waals surface area contributed by atoms with Crippen LogP contribution in [0, 0.1) is 0 Å². The Morgan fingerprint density at radius 1 is 0.435 bits per heavy atom. The van der Waals surface area contributed by atoms with Crippen LogP contribution in [0.5, 0.6) is 0 Å². The van der Waals surface area contributed by atoms with Gasteiger partial charge in [-0.3, -0.25) is 9.59 Å². The van der Waals surface area contributed by atoms with Crippen LogP contribution in [0.25, 0.3) is 0 Å². The maximum atomic E-state index is 12.4. The van der Waals surface area contributed by atoms with Crippen LogP contribution in [0.4, 0.5) is 0 Å². The fraction of sp³-hybridized carbons (Fsp3) is 0.893. The minimum absolute atomic E-state index is 0.00107. The van der Waals surface area contributed by atoms with Crippen molar-refractivity contribution in [2.45, 2.75) is 309 Å². The van der Waals surface area contributed by atoms with Crippen LogP contribution in [-0.4, -0.2) is 47.4 Å². The number of rotatable bonds is 51. The summed E-state index contributed by atoms with van der Waals surface area (Å²) >= 11 is 0. The maximum absolute atomic E-state index is 12.4. The van der Waals surface area contributed by atoms with Gasteiger partial charge in [0.2, 0.25) is 5.91 Å². The zero-order valence-electron chi connectivity index (χ0n) is 41.6. The van der Waals surface area contributed by atoms with Gasteiger partial charge in [0.15, 0.2) is 0 Å². The Hall–Kier alpha value is -1.66. The number of nitrogens with one attached hydrogen (secondary N) is 1. The van der Waals surface area contributed by atoms with Crippen molar-refractivity contribution in [2.75, 3.05) is 13.2 Å². The largest absolute Gasteiger partial charge is 0.466 e. The van der Waals surface area contributed by atoms with E-state index in [9.17, 15) is 19.8 Å². The van der Waals surface area contributed by atoms with E-state index in [0.717, 1.165) is 64.2 Å². The first-order chi connectivity index (χ1) is 30.5. The lowest BCUT2D eigenvalue weighted by Crippen LogP contribution is -2.45. The van der Waals surface area contributed by atoms with Gasteiger partial charge in [-0.25, -0.2) is 0 Å². The monoisotopic (exact) mass is 874 g/mol. The van der Waals surface area contributed by atoms with E-state index in [1.54, 1.807) is 6.08 Å². The van der Waals surface area contributed by atoms with E-state index in [-0.39, 0.29) is 18.5 Å². The van der Waals surface area contributed by atoms with Gasteiger partial charge in [-0.05, 0) is 57.8 Å². The van der Waals surface area contributed by atoms with Gasteiger partial charge in [0, 0.05) is 12.8 Å². The highest BCUT2D eigenvalue weighted by Crippen LogP contribution is 2.16. The minimum atomic E-state index is -0.854. The number of allylic oxidation sites excluding steroid dienone is 3. The molecule has 0 bridgehead atoms. The van der Waals surface area contributed by atoms with E-state index in [4.69, 9.17) is 4.74 Å². The molecule has 0 fully saturated rings. The Bertz CT molecular complexity index is 966. The number of aliphatic hydroxyl groups excluding tert-OH is 2. The summed E-state index contributed by atoms with van der Waals surface area (Å²) in [5.41, 5.74) is 0. The third-order valence-electron chi connectivity index (χ3n) is 12.7. The molecule has 0 aromatic heterocycles. The fourth-order valence-electron chi connectivity index (χ4n) is 8.45. The van der Waals surface area contributed by atoms with Gasteiger partial charge in [-0.15, -0.1) is 0 Å². The first-order valence-electron chi connectivity index (χ1n) is 27.6. The maximum Gasteiger partial charge on any atom is 0.305 e. The molecule has 0 heterocycles. The molecule has 0 aliphatic heterocycles. The first-order valence-corrected chi connectivity index (χ1v) is 27.6. The average molecular weight is 874 g/mol. The molecular weight excluding hydrogens is 767 g/mol. The second-order valence-electron chi connectivity index (χ2n) is 18.9. The third kappa shape index (κ3) is 47.8. The van der Waals surface area contributed by atoms with Crippen LogP contribution < -0.4 is 5.32 Å². The summed E-state index contributed by atoms with van der Waals surface area (Å²) < 4.78 is 5.47. The zero-order chi connectivity index (χ0) is 45.1. The van der Waals surface area contributed by atoms with Crippen LogP contribution in [0.15, 0.2) is 24.3 Å². The second-order valence-corrected chi connectivity index (χ2v) is 18.9. The SMILES string of the molecule is CCCCCCCCCCCCCC/C=C/C(O)C(CO)NC(=O)CCCCCCC/C=C\CCCCCCCCCOC(=O)CCCCCCCCCCCCCCCCC. The molecular formula is C56H107NO5. The van der Waals surface area contributed by atoms with Gasteiger partial charge in [-0.2, -0.15) is 0 Å². The zero-order valence-corrected chi connectivity index (χ0v) is 41.6. The predicted molar refractivity (Wildman–Crippen MR) is 269 cm³/mol. The molecule has 0 aromatic carbocycles. The van der Waals surface area contributed by atoms with E-state index >= 15 is 0 Å². The van der Waals surface area contributed by atoms with Crippen molar-refractivity contribution in [2.24, 2.45) is 0 Å². The van der Waals surface area contributed by atoms with Crippen LogP contribution in [0.2, 0.25) is 0 Å². The summed E-state index contributed by atoms with van der Waals surface area (Å²) in [5, 5.41) is 23.0. The van der Waals surface area contributed by atoms with E-state index < -0.39 is 12.1 Å². The molecule has 2 unspecified atom stereocenters. The molecule has 6 heteroatoms. The summed E-state index contributed by atoms with van der Waals surface area (Å²) in [5.74, 6) is -0.0856. The molecule has 0 rings (SSSR count). The molecule has 366 valence electrons. The highest BCUT2D eigenvalue weighted by Gasteiger charge is 2.18. The average Bonchev–Trinajstić information content (AvgIpc) is 3.27. The Morgan fingerprint density at radius 2 is 0.758 bits per heavy atom. The van der Waals surface area contributed by atoms with E-state index in [1.165, 1.54) is 205 Å². The summed E-state index contributed by atoms with van der Waals surface area (Å²) in [7, 11) is 0. The molecule has 0 aliphatic carbocycles. The van der Waals surface area contributed by atoms with Gasteiger partial charge in [0.05, 0.1) is 25.4 Å². The minimum Gasteiger partial charge on any atom is -0.466 e. The molecule has 3 N–H and O–H groups in total. The molecule has 0 aromatic rings. The highest BCUT2D eigenvalue weighted by atomic mass is 16.5. The Balaban J connectivity index is 3.48. The van der Waals surface area contributed by atoms with Gasteiger partial charge >= 0.3 is 5.97 Å². The normalized spacial score (nSPS) is 12.8. The van der Waals surface area contributed by atoms with Gasteiger partial charge in [0.1, 0.15) is 0 Å². The molecule has 2 atom stereocenters. The smallest absolute Gasteiger partial charge is 0.305 e. The lowest BCUT2D eigenvalue weighted by atomic mass is 10.0. The lowest BCUT2D eigenvalue weighted by Gasteiger charge is -2.20. The number of carbonyl (C=O) groups excluding carboxylic acids is 2. The third-order valence-corrected chi connectivity index (χ3v) is 12.7. The quantitative estimate of drug-likeness (QED) is 0.0321. The van der Waals surface area contributed by atoms with Gasteiger partial charge in [0.25, 0.3) is 0 Å². The van der Waals surface area contributed by atoms with Gasteiger partial charge < -0.3 is 20.3 Å². The van der Waals surface area contributed by atoms with Crippen LogP contribution in [0.1, 0.15) is 296 Å². The lowest BCUT2D eigenvalue weighted by molar-refractivity contribution is -0.143. The Labute approximate surface area is 386 Å². The molecule has 0 saturated carbocycles. The standard InChI is InChI=1S/C56H107NO5/c1-3-5-7-9-11-13-15-17-21-26-30-34-38-42-46-50-56(61)62-51-47-43-39-35-31-27-23-20-19-22-25-29-33-37-41-45-49-55(60)57-53(52-58)54(59)48-44-40-36-32-28-24-18-16-14-12-10-8-6-4-2/h19,22,44,48,53-54,58-59H,3-18,20-21,23-43,45-47,49-52H2,1-2H3,(H,57,60)/b22-19-,48-44+. The number of aliphatic hydroxyl groups is 2. The number of ether oxygens (including phenoxy) is 1. The van der Waals surface area contributed by atoms with Crippen molar-refractivity contribution in [3.8, 4) is 0 Å². The molecule has 0 saturated heterocycles. The Kier molecular flexibility index (Phi) is 50.6. The fourth-order valence-corrected chi connectivity index (χ4v) is 8.45. The number of hydrogen-bond acceptors (Lipinski definition) is 5. The van der Waals surface area contributed by atoms with E-state index in [0.29, 0.717) is 19.4 Å². The van der Waals surface area contributed by atoms with E-state index in [2.05, 4.69) is 31.3 Å². The van der Waals surface area contributed by atoms with Crippen molar-refractivity contribution < 1.29 is 24.5 Å². The summed E-state index contributed by atoms with van der Waals surface area (Å²) in [6, 6.07) is -0.639. The van der Waals surface area contributed by atoms with E-state index in [1.807, 2.05) is 6.08 Å². The number of esters is 1. The first kappa shape index (κ1) is 60.3. The number of carbonyl (C=O) groups is 2. The van der Waals surface area contributed by atoms with Crippen molar-refractivity contribution >= 4 is 11.9 Å². The molecule has 62 heavy (non-hydrogen) atoms. The van der Waals surface area contributed by atoms with Crippen molar-refractivity contribution in [3.63, 3.8) is 0 Å². The second kappa shape index (κ2) is 52.0. The van der Waals surface area contributed by atoms with Crippen molar-refractivity contribution in [3.05, 3.63) is 24.3 Å². The van der Waals surface area contributed by atoms with Crippen LogP contribution in [-0.2, 0) is 14.3 Å². The topological polar surface area (TPSA) is 95.9 Å².